The van der Waals surface area contributed by atoms with Gasteiger partial charge in [-0.05, 0) is 46.2 Å². The molecule has 0 radical (unpaired) electrons. The number of hydrogen-bond acceptors (Lipinski definition) is 3. The number of rotatable bonds is 3. The Hall–Kier alpha value is -5.02. The molecule has 2 aliphatic heterocycles. The van der Waals surface area contributed by atoms with Crippen molar-refractivity contribution in [2.75, 3.05) is 0 Å². The van der Waals surface area contributed by atoms with Crippen molar-refractivity contribution in [2.45, 2.75) is 6.17 Å². The molecule has 0 fully saturated rings. The summed E-state index contributed by atoms with van der Waals surface area (Å²) >= 11 is 0. The molecule has 38 heavy (non-hydrogen) atoms. The van der Waals surface area contributed by atoms with Gasteiger partial charge in [0.2, 0.25) is 0 Å². The van der Waals surface area contributed by atoms with E-state index >= 15 is 0 Å². The highest BCUT2D eigenvalue weighted by Crippen LogP contribution is 2.42. The summed E-state index contributed by atoms with van der Waals surface area (Å²) in [5.74, 6) is 0. The second kappa shape index (κ2) is 8.25. The third-order valence-electron chi connectivity index (χ3n) is 7.64. The van der Waals surface area contributed by atoms with E-state index in [1.165, 1.54) is 22.0 Å². The van der Waals surface area contributed by atoms with Crippen LogP contribution in [0.4, 0.5) is 0 Å². The van der Waals surface area contributed by atoms with Crippen LogP contribution in [0.1, 0.15) is 11.1 Å². The van der Waals surface area contributed by atoms with Crippen molar-refractivity contribution in [3.8, 4) is 11.1 Å². The maximum atomic E-state index is 6.47. The number of furan rings is 1. The molecule has 0 saturated carbocycles. The fourth-order valence-electron chi connectivity index (χ4n) is 5.90. The lowest BCUT2D eigenvalue weighted by atomic mass is 9.94. The van der Waals surface area contributed by atoms with E-state index in [2.05, 4.69) is 132 Å². The summed E-state index contributed by atoms with van der Waals surface area (Å²) < 4.78 is 6.47. The molecule has 0 bridgehead atoms. The van der Waals surface area contributed by atoms with Crippen LogP contribution >= 0.6 is 0 Å². The van der Waals surface area contributed by atoms with E-state index in [-0.39, 0.29) is 6.17 Å². The molecule has 6 aromatic rings. The Kier molecular flexibility index (Phi) is 4.58. The summed E-state index contributed by atoms with van der Waals surface area (Å²) in [4.78, 5) is 2.31. The number of para-hydroxylation sites is 1. The van der Waals surface area contributed by atoms with Crippen molar-refractivity contribution in [3.05, 3.63) is 145 Å². The molecule has 0 aliphatic carbocycles. The van der Waals surface area contributed by atoms with Crippen LogP contribution in [0.2, 0.25) is 0 Å². The second-order valence-electron chi connectivity index (χ2n) is 9.84. The van der Waals surface area contributed by atoms with Gasteiger partial charge in [0.1, 0.15) is 17.3 Å². The Morgan fingerprint density at radius 2 is 1.37 bits per heavy atom. The maximum Gasteiger partial charge on any atom is 0.143 e. The highest BCUT2D eigenvalue weighted by molar-refractivity contribution is 6.18. The molecule has 1 unspecified atom stereocenters. The molecule has 3 heterocycles. The van der Waals surface area contributed by atoms with Gasteiger partial charge in [-0.3, -0.25) is 0 Å². The summed E-state index contributed by atoms with van der Waals surface area (Å²) in [6.07, 6.45) is 8.64. The normalized spacial score (nSPS) is 16.5. The first-order valence-corrected chi connectivity index (χ1v) is 13.0. The van der Waals surface area contributed by atoms with Crippen LogP contribution in [-0.4, -0.2) is 11.1 Å². The van der Waals surface area contributed by atoms with Gasteiger partial charge in [-0.2, -0.15) is 0 Å². The highest BCUT2D eigenvalue weighted by Gasteiger charge is 2.31. The lowest BCUT2D eigenvalue weighted by molar-refractivity contribution is 0.443. The van der Waals surface area contributed by atoms with Crippen LogP contribution in [0.3, 0.4) is 0 Å². The molecule has 0 amide bonds. The minimum absolute atomic E-state index is 0.109. The molecule has 1 aromatic heterocycles. The Balaban J connectivity index is 1.31. The minimum atomic E-state index is 0.109. The number of allylic oxidation sites excluding steroid dienone is 2. The lowest BCUT2D eigenvalue weighted by Crippen LogP contribution is -2.32. The van der Waals surface area contributed by atoms with Crippen molar-refractivity contribution < 1.29 is 4.42 Å². The first-order valence-electron chi connectivity index (χ1n) is 13.0. The fourth-order valence-corrected chi connectivity index (χ4v) is 5.90. The van der Waals surface area contributed by atoms with Crippen LogP contribution < -0.4 is 5.32 Å². The molecule has 8 rings (SSSR count). The van der Waals surface area contributed by atoms with E-state index < -0.39 is 0 Å². The summed E-state index contributed by atoms with van der Waals surface area (Å²) in [7, 11) is 0. The number of hydrogen-bond donors (Lipinski definition) is 1. The van der Waals surface area contributed by atoms with E-state index in [1.807, 2.05) is 12.1 Å². The predicted octanol–water partition coefficient (Wildman–Crippen LogP) is 8.55. The van der Waals surface area contributed by atoms with Gasteiger partial charge in [0.15, 0.2) is 0 Å². The average Bonchev–Trinajstić information content (AvgIpc) is 3.55. The molecule has 2 aliphatic rings. The zero-order valence-electron chi connectivity index (χ0n) is 20.6. The van der Waals surface area contributed by atoms with Crippen molar-refractivity contribution >= 4 is 44.1 Å². The Bertz CT molecular complexity index is 1940. The first kappa shape index (κ1) is 21.1. The van der Waals surface area contributed by atoms with Crippen LogP contribution in [0.5, 0.6) is 0 Å². The van der Waals surface area contributed by atoms with E-state index in [9.17, 15) is 0 Å². The molecule has 1 N–H and O–H groups in total. The van der Waals surface area contributed by atoms with Crippen molar-refractivity contribution in [1.82, 2.24) is 10.2 Å². The van der Waals surface area contributed by atoms with E-state index in [0.29, 0.717) is 0 Å². The number of nitrogens with one attached hydrogen (secondary N) is 1. The van der Waals surface area contributed by atoms with Gasteiger partial charge >= 0.3 is 0 Å². The Morgan fingerprint density at radius 1 is 0.632 bits per heavy atom. The molecule has 0 saturated heterocycles. The number of benzene rings is 5. The topological polar surface area (TPSA) is 28.4 Å². The SMILES string of the molecule is C1=CC2NC(c3ccc(-c4c5ccccc5cc5c4oc4ccccc45)cc3)=C(c3ccccc3)N2C=C1. The van der Waals surface area contributed by atoms with Crippen LogP contribution in [0.25, 0.3) is 55.2 Å². The van der Waals surface area contributed by atoms with Gasteiger partial charge in [0, 0.05) is 28.1 Å². The monoisotopic (exact) mass is 488 g/mol. The highest BCUT2D eigenvalue weighted by atomic mass is 16.3. The lowest BCUT2D eigenvalue weighted by Gasteiger charge is -2.25. The molecule has 5 aromatic carbocycles. The van der Waals surface area contributed by atoms with Gasteiger partial charge in [0.05, 0.1) is 11.4 Å². The van der Waals surface area contributed by atoms with Gasteiger partial charge in [-0.1, -0.05) is 103 Å². The second-order valence-corrected chi connectivity index (χ2v) is 9.84. The largest absolute Gasteiger partial charge is 0.455 e. The molecule has 180 valence electrons. The zero-order chi connectivity index (χ0) is 25.1. The van der Waals surface area contributed by atoms with Gasteiger partial charge < -0.3 is 14.6 Å². The maximum absolute atomic E-state index is 6.47. The van der Waals surface area contributed by atoms with Crippen molar-refractivity contribution in [2.24, 2.45) is 0 Å². The summed E-state index contributed by atoms with van der Waals surface area (Å²) in [5, 5.41) is 8.46. The summed E-state index contributed by atoms with van der Waals surface area (Å²) in [6, 6.07) is 38.6. The van der Waals surface area contributed by atoms with Gasteiger partial charge in [-0.15, -0.1) is 0 Å². The van der Waals surface area contributed by atoms with Crippen molar-refractivity contribution in [3.63, 3.8) is 0 Å². The molecular weight excluding hydrogens is 464 g/mol. The molecular formula is C35H24N2O. The Labute approximate surface area is 220 Å². The average molecular weight is 489 g/mol. The van der Waals surface area contributed by atoms with Gasteiger partial charge in [0.25, 0.3) is 0 Å². The smallest absolute Gasteiger partial charge is 0.143 e. The number of fused-ring (bicyclic) bond motifs is 5. The summed E-state index contributed by atoms with van der Waals surface area (Å²) in [6.45, 7) is 0. The van der Waals surface area contributed by atoms with Crippen LogP contribution in [0, 0.1) is 0 Å². The third kappa shape index (κ3) is 3.15. The number of nitrogens with zero attached hydrogens (tertiary/aromatic N) is 1. The predicted molar refractivity (Wildman–Crippen MR) is 157 cm³/mol. The molecule has 1 atom stereocenters. The molecule has 3 nitrogen and oxygen atoms in total. The van der Waals surface area contributed by atoms with Crippen LogP contribution in [0.15, 0.2) is 138 Å². The minimum Gasteiger partial charge on any atom is -0.455 e. The Morgan fingerprint density at radius 3 is 2.24 bits per heavy atom. The van der Waals surface area contributed by atoms with Crippen LogP contribution in [-0.2, 0) is 0 Å². The van der Waals surface area contributed by atoms with E-state index in [1.54, 1.807) is 0 Å². The van der Waals surface area contributed by atoms with Crippen molar-refractivity contribution in [1.29, 1.82) is 0 Å². The summed E-state index contributed by atoms with van der Waals surface area (Å²) in [5.41, 5.74) is 8.82. The molecule has 0 spiro atoms. The standard InChI is InChI=1S/C35H24N2O/c1-2-10-25(11-3-1)34-33(36-31-16-8-9-21-37(31)34)24-19-17-23(18-20-24)32-27-13-5-4-12-26(27)22-29-28-14-6-7-15-30(28)38-35(29)32/h1-22,31,36H. The first-order chi connectivity index (χ1) is 18.8. The quantitative estimate of drug-likeness (QED) is 0.270. The van der Waals surface area contributed by atoms with E-state index in [0.717, 1.165) is 44.3 Å². The molecule has 3 heteroatoms. The third-order valence-corrected chi connectivity index (χ3v) is 7.64. The van der Waals surface area contributed by atoms with Gasteiger partial charge in [-0.25, -0.2) is 0 Å². The fraction of sp³-hybridized carbons (Fsp3) is 0.0286. The van der Waals surface area contributed by atoms with E-state index in [4.69, 9.17) is 4.42 Å². The zero-order valence-corrected chi connectivity index (χ0v) is 20.6.